The molecule has 1 saturated carbocycles. The lowest BCUT2D eigenvalue weighted by molar-refractivity contribution is 0.128. The third-order valence-electron chi connectivity index (χ3n) is 5.15. The molecule has 2 fully saturated rings. The van der Waals surface area contributed by atoms with Crippen LogP contribution in [-0.2, 0) is 0 Å². The van der Waals surface area contributed by atoms with Gasteiger partial charge in [0.2, 0.25) is 0 Å². The summed E-state index contributed by atoms with van der Waals surface area (Å²) in [6, 6.07) is 0.905. The van der Waals surface area contributed by atoms with Gasteiger partial charge in [-0.15, -0.1) is 0 Å². The summed E-state index contributed by atoms with van der Waals surface area (Å²) in [7, 11) is 0. The van der Waals surface area contributed by atoms with E-state index in [4.69, 9.17) is 0 Å². The molecule has 0 aromatic rings. The largest absolute Gasteiger partial charge is 0.316 e. The number of hydrogen-bond donors (Lipinski definition) is 1. The lowest BCUT2D eigenvalue weighted by atomic mass is 9.90. The van der Waals surface area contributed by atoms with Gasteiger partial charge in [-0.1, -0.05) is 40.5 Å². The van der Waals surface area contributed by atoms with Crippen LogP contribution in [0.25, 0.3) is 0 Å². The molecule has 2 aliphatic rings. The molecule has 1 aliphatic carbocycles. The maximum Gasteiger partial charge on any atom is 0.0124 e. The fourth-order valence-electron chi connectivity index (χ4n) is 4.23. The lowest BCUT2D eigenvalue weighted by Crippen LogP contribution is -2.44. The predicted molar refractivity (Wildman–Crippen MR) is 88.0 cm³/mol. The Labute approximate surface area is 126 Å². The molecule has 118 valence electrons. The zero-order valence-corrected chi connectivity index (χ0v) is 14.3. The Balaban J connectivity index is 1.80. The summed E-state index contributed by atoms with van der Waals surface area (Å²) >= 11 is 0. The second-order valence-corrected chi connectivity index (χ2v) is 8.41. The molecule has 2 rings (SSSR count). The smallest absolute Gasteiger partial charge is 0.0124 e. The van der Waals surface area contributed by atoms with Crippen LogP contribution in [0.3, 0.4) is 0 Å². The van der Waals surface area contributed by atoms with Crippen molar-refractivity contribution in [1.82, 2.24) is 10.2 Å². The van der Waals surface area contributed by atoms with Gasteiger partial charge in [0.1, 0.15) is 0 Å². The highest BCUT2D eigenvalue weighted by atomic mass is 15.2. The van der Waals surface area contributed by atoms with Crippen molar-refractivity contribution in [3.05, 3.63) is 0 Å². The van der Waals surface area contributed by atoms with Crippen LogP contribution in [-0.4, -0.2) is 37.1 Å². The van der Waals surface area contributed by atoms with Crippen LogP contribution >= 0.6 is 0 Å². The van der Waals surface area contributed by atoms with Crippen LogP contribution < -0.4 is 5.32 Å². The second-order valence-electron chi connectivity index (χ2n) is 8.41. The highest BCUT2D eigenvalue weighted by molar-refractivity contribution is 4.90. The summed E-state index contributed by atoms with van der Waals surface area (Å²) in [6.45, 7) is 14.4. The predicted octanol–water partition coefficient (Wildman–Crippen LogP) is 3.91. The summed E-state index contributed by atoms with van der Waals surface area (Å²) in [4.78, 5) is 2.83. The molecule has 0 bridgehead atoms. The molecule has 1 saturated heterocycles. The Morgan fingerprint density at radius 2 is 1.80 bits per heavy atom. The minimum atomic E-state index is 0.399. The number of rotatable bonds is 7. The van der Waals surface area contributed by atoms with E-state index in [1.54, 1.807) is 0 Å². The van der Waals surface area contributed by atoms with Gasteiger partial charge in [-0.3, -0.25) is 4.90 Å². The maximum absolute atomic E-state index is 3.66. The van der Waals surface area contributed by atoms with Gasteiger partial charge in [-0.2, -0.15) is 0 Å². The first-order chi connectivity index (χ1) is 9.48. The van der Waals surface area contributed by atoms with E-state index in [9.17, 15) is 0 Å². The van der Waals surface area contributed by atoms with Crippen molar-refractivity contribution in [1.29, 1.82) is 0 Å². The van der Waals surface area contributed by atoms with Crippen LogP contribution in [0.1, 0.15) is 66.2 Å². The number of hydrogen-bond acceptors (Lipinski definition) is 2. The van der Waals surface area contributed by atoms with E-state index in [0.717, 1.165) is 31.0 Å². The van der Waals surface area contributed by atoms with Crippen LogP contribution in [0, 0.1) is 17.3 Å². The molecule has 0 amide bonds. The number of nitrogens with one attached hydrogen (secondary N) is 1. The van der Waals surface area contributed by atoms with Crippen molar-refractivity contribution in [2.75, 3.05) is 26.2 Å². The van der Waals surface area contributed by atoms with Gasteiger partial charge in [0.25, 0.3) is 0 Å². The van der Waals surface area contributed by atoms with Gasteiger partial charge < -0.3 is 5.32 Å². The van der Waals surface area contributed by atoms with Crippen LogP contribution in [0.5, 0.6) is 0 Å². The molecule has 1 heterocycles. The monoisotopic (exact) mass is 280 g/mol. The molecule has 1 unspecified atom stereocenters. The Morgan fingerprint density at radius 3 is 2.45 bits per heavy atom. The molecule has 0 spiro atoms. The van der Waals surface area contributed by atoms with E-state index in [0.29, 0.717) is 5.41 Å². The Hall–Kier alpha value is -0.0800. The van der Waals surface area contributed by atoms with E-state index in [2.05, 4.69) is 37.9 Å². The van der Waals surface area contributed by atoms with E-state index in [-0.39, 0.29) is 0 Å². The zero-order valence-electron chi connectivity index (χ0n) is 14.3. The van der Waals surface area contributed by atoms with Crippen LogP contribution in [0.2, 0.25) is 0 Å². The molecule has 20 heavy (non-hydrogen) atoms. The van der Waals surface area contributed by atoms with Crippen molar-refractivity contribution in [3.63, 3.8) is 0 Å². The van der Waals surface area contributed by atoms with Gasteiger partial charge in [0.15, 0.2) is 0 Å². The molecule has 0 radical (unpaired) electrons. The van der Waals surface area contributed by atoms with Crippen molar-refractivity contribution in [2.45, 2.75) is 72.3 Å². The summed E-state index contributed by atoms with van der Waals surface area (Å²) in [5.74, 6) is 1.76. The van der Waals surface area contributed by atoms with Crippen molar-refractivity contribution < 1.29 is 0 Å². The molecule has 1 N–H and O–H groups in total. The quantitative estimate of drug-likeness (QED) is 0.760. The average molecular weight is 280 g/mol. The molecular formula is C18H36N2. The fraction of sp³-hybridized carbons (Fsp3) is 1.00. The Bertz CT molecular complexity index is 279. The molecule has 0 aromatic heterocycles. The van der Waals surface area contributed by atoms with E-state index >= 15 is 0 Å². The van der Waals surface area contributed by atoms with Crippen molar-refractivity contribution in [2.24, 2.45) is 17.3 Å². The standard InChI is InChI=1S/C18H36N2/c1-15(2)12-19-13-18(3,4)14-20-11-7-10-17(20)16-8-5-6-9-16/h15-17,19H,5-14H2,1-4H3. The average Bonchev–Trinajstić information content (AvgIpc) is 2.97. The highest BCUT2D eigenvalue weighted by Gasteiger charge is 2.35. The number of nitrogens with zero attached hydrogens (tertiary/aromatic N) is 1. The first-order valence-electron chi connectivity index (χ1n) is 8.93. The van der Waals surface area contributed by atoms with Crippen LogP contribution in [0.15, 0.2) is 0 Å². The topological polar surface area (TPSA) is 15.3 Å². The molecule has 1 atom stereocenters. The maximum atomic E-state index is 3.66. The molecule has 0 aromatic carbocycles. The van der Waals surface area contributed by atoms with Crippen LogP contribution in [0.4, 0.5) is 0 Å². The minimum Gasteiger partial charge on any atom is -0.316 e. The van der Waals surface area contributed by atoms with E-state index < -0.39 is 0 Å². The van der Waals surface area contributed by atoms with E-state index in [1.807, 2.05) is 0 Å². The first-order valence-corrected chi connectivity index (χ1v) is 8.93. The fourth-order valence-corrected chi connectivity index (χ4v) is 4.23. The van der Waals surface area contributed by atoms with Gasteiger partial charge in [-0.25, -0.2) is 0 Å². The van der Waals surface area contributed by atoms with Gasteiger partial charge in [0.05, 0.1) is 0 Å². The second kappa shape index (κ2) is 7.26. The third-order valence-corrected chi connectivity index (χ3v) is 5.15. The summed E-state index contributed by atoms with van der Waals surface area (Å²) in [5, 5.41) is 3.66. The Kier molecular flexibility index (Phi) is 5.92. The Morgan fingerprint density at radius 1 is 1.10 bits per heavy atom. The molecule has 2 nitrogen and oxygen atoms in total. The van der Waals surface area contributed by atoms with Crippen molar-refractivity contribution >= 4 is 0 Å². The first kappa shape index (κ1) is 16.3. The highest BCUT2D eigenvalue weighted by Crippen LogP contribution is 2.36. The van der Waals surface area contributed by atoms with Gasteiger partial charge in [0, 0.05) is 19.1 Å². The SMILES string of the molecule is CC(C)CNCC(C)(C)CN1CCCC1C1CCCC1. The normalized spacial score (nSPS) is 25.9. The molecular weight excluding hydrogens is 244 g/mol. The summed E-state index contributed by atoms with van der Waals surface area (Å²) in [6.07, 6.45) is 8.83. The number of likely N-dealkylation sites (tertiary alicyclic amines) is 1. The van der Waals surface area contributed by atoms with Crippen molar-refractivity contribution in [3.8, 4) is 0 Å². The van der Waals surface area contributed by atoms with E-state index in [1.165, 1.54) is 51.6 Å². The summed E-state index contributed by atoms with van der Waals surface area (Å²) in [5.41, 5.74) is 0.399. The lowest BCUT2D eigenvalue weighted by Gasteiger charge is -2.36. The third kappa shape index (κ3) is 4.73. The van der Waals surface area contributed by atoms with Gasteiger partial charge >= 0.3 is 0 Å². The summed E-state index contributed by atoms with van der Waals surface area (Å²) < 4.78 is 0. The van der Waals surface area contributed by atoms with Gasteiger partial charge in [-0.05, 0) is 56.0 Å². The molecule has 2 heteroatoms. The molecule has 1 aliphatic heterocycles. The zero-order chi connectivity index (χ0) is 14.6. The minimum absolute atomic E-state index is 0.399.